The number of amides is 2. The monoisotopic (exact) mass is 535 g/mol. The predicted octanol–water partition coefficient (Wildman–Crippen LogP) is 6.03. The van der Waals surface area contributed by atoms with Crippen molar-refractivity contribution in [2.45, 2.75) is 13.8 Å². The average Bonchev–Trinajstić information content (AvgIpc) is 3.14. The van der Waals surface area contributed by atoms with Gasteiger partial charge in [0.1, 0.15) is 18.1 Å². The summed E-state index contributed by atoms with van der Waals surface area (Å²) in [4.78, 5) is 47.7. The van der Waals surface area contributed by atoms with Crippen molar-refractivity contribution in [2.24, 2.45) is 0 Å². The summed E-state index contributed by atoms with van der Waals surface area (Å²) in [6.07, 6.45) is 1.46. The zero-order chi connectivity index (χ0) is 27.4. The molecule has 1 heterocycles. The third-order valence-electron chi connectivity index (χ3n) is 5.57. The molecule has 0 aromatic heterocycles. The molecule has 11 nitrogen and oxygen atoms in total. The first kappa shape index (κ1) is 26.4. The van der Waals surface area contributed by atoms with Crippen LogP contribution in [0.15, 0.2) is 65.6 Å². The number of ether oxygens (including phenoxy) is 2. The van der Waals surface area contributed by atoms with Gasteiger partial charge < -0.3 is 9.47 Å². The molecule has 0 spiro atoms. The molecular formula is C26H21N3O8S. The fourth-order valence-electron chi connectivity index (χ4n) is 3.60. The minimum absolute atomic E-state index is 0.0581. The van der Waals surface area contributed by atoms with Gasteiger partial charge in [0.15, 0.2) is 0 Å². The van der Waals surface area contributed by atoms with E-state index in [1.54, 1.807) is 18.2 Å². The average molecular weight is 536 g/mol. The van der Waals surface area contributed by atoms with Crippen molar-refractivity contribution in [3.8, 4) is 17.2 Å². The lowest BCUT2D eigenvalue weighted by Crippen LogP contribution is -2.32. The quantitative estimate of drug-likeness (QED) is 0.182. The molecule has 0 radical (unpaired) electrons. The molecule has 38 heavy (non-hydrogen) atoms. The van der Waals surface area contributed by atoms with E-state index in [9.17, 15) is 29.8 Å². The van der Waals surface area contributed by atoms with E-state index in [0.717, 1.165) is 46.0 Å². The third-order valence-corrected chi connectivity index (χ3v) is 6.47. The number of carbonyl (C=O) groups excluding carboxylic acids is 2. The number of aryl methyl sites for hydroxylation is 2. The Morgan fingerprint density at radius 3 is 2.42 bits per heavy atom. The molecule has 194 valence electrons. The second kappa shape index (κ2) is 11.1. The zero-order valence-electron chi connectivity index (χ0n) is 20.3. The van der Waals surface area contributed by atoms with Crippen LogP contribution in [-0.4, -0.2) is 39.0 Å². The molecule has 0 bridgehead atoms. The Morgan fingerprint density at radius 2 is 1.68 bits per heavy atom. The summed E-state index contributed by atoms with van der Waals surface area (Å²) in [5.41, 5.74) is 1.32. The number of nitrogens with zero attached hydrogens (tertiary/aromatic N) is 3. The number of nitro groups is 2. The Labute approximate surface area is 221 Å². The van der Waals surface area contributed by atoms with E-state index in [2.05, 4.69) is 0 Å². The highest BCUT2D eigenvalue weighted by Gasteiger charge is 2.35. The number of hydrogen-bond donors (Lipinski definition) is 0. The summed E-state index contributed by atoms with van der Waals surface area (Å²) in [6.45, 7) is 4.03. The molecule has 0 aliphatic carbocycles. The van der Waals surface area contributed by atoms with Gasteiger partial charge in [0, 0.05) is 11.6 Å². The normalized spacial score (nSPS) is 14.2. The first-order chi connectivity index (χ1) is 18.1. The first-order valence-electron chi connectivity index (χ1n) is 11.3. The van der Waals surface area contributed by atoms with Crippen molar-refractivity contribution in [1.82, 2.24) is 4.90 Å². The summed E-state index contributed by atoms with van der Waals surface area (Å²) in [5, 5.41) is 22.0. The van der Waals surface area contributed by atoms with Gasteiger partial charge in [-0.25, -0.2) is 0 Å². The number of non-ortho nitro benzene ring substituents is 1. The maximum atomic E-state index is 13.0. The smallest absolute Gasteiger partial charge is 0.318 e. The molecule has 0 saturated carbocycles. The van der Waals surface area contributed by atoms with Gasteiger partial charge in [-0.15, -0.1) is 0 Å². The van der Waals surface area contributed by atoms with Crippen LogP contribution in [0.4, 0.5) is 16.2 Å². The number of para-hydroxylation sites is 1. The maximum absolute atomic E-state index is 13.0. The van der Waals surface area contributed by atoms with Crippen molar-refractivity contribution < 1.29 is 28.9 Å². The van der Waals surface area contributed by atoms with Gasteiger partial charge in [0.05, 0.1) is 27.4 Å². The van der Waals surface area contributed by atoms with Crippen LogP contribution in [-0.2, 0) is 4.79 Å². The van der Waals surface area contributed by atoms with E-state index in [4.69, 9.17) is 9.47 Å². The van der Waals surface area contributed by atoms with Gasteiger partial charge in [-0.3, -0.25) is 34.7 Å². The van der Waals surface area contributed by atoms with Crippen molar-refractivity contribution >= 4 is 40.4 Å². The highest BCUT2D eigenvalue weighted by Crippen LogP contribution is 2.38. The Bertz CT molecular complexity index is 1490. The molecule has 4 rings (SSSR count). The van der Waals surface area contributed by atoms with Crippen LogP contribution in [0.3, 0.4) is 0 Å². The number of benzene rings is 3. The van der Waals surface area contributed by atoms with E-state index < -0.39 is 32.4 Å². The first-order valence-corrected chi connectivity index (χ1v) is 12.1. The van der Waals surface area contributed by atoms with Crippen molar-refractivity contribution in [3.63, 3.8) is 0 Å². The lowest BCUT2D eigenvalue weighted by molar-refractivity contribution is -0.394. The van der Waals surface area contributed by atoms with Crippen LogP contribution in [0.25, 0.3) is 6.08 Å². The largest absolute Gasteiger partial charge is 0.491 e. The lowest BCUT2D eigenvalue weighted by Gasteiger charge is -2.14. The van der Waals surface area contributed by atoms with E-state index >= 15 is 0 Å². The van der Waals surface area contributed by atoms with Crippen molar-refractivity contribution in [2.75, 3.05) is 13.2 Å². The highest BCUT2D eigenvalue weighted by molar-refractivity contribution is 8.18. The predicted molar refractivity (Wildman–Crippen MR) is 140 cm³/mol. The lowest BCUT2D eigenvalue weighted by atomic mass is 10.1. The van der Waals surface area contributed by atoms with Crippen LogP contribution >= 0.6 is 11.8 Å². The van der Waals surface area contributed by atoms with E-state index in [1.165, 1.54) is 12.1 Å². The standard InChI is InChI=1S/C26H21N3O8S/c1-16-7-8-17(2)23(13-16)36-12-11-27-25(30)24(38-26(27)31)14-18-5-3-4-6-21(18)37-22-10-9-19(28(32)33)15-20(22)29(34)35/h3-10,13-15H,11-12H2,1-2H3/b24-14-. The van der Waals surface area contributed by atoms with Gasteiger partial charge in [0.2, 0.25) is 5.75 Å². The summed E-state index contributed by atoms with van der Waals surface area (Å²) >= 11 is 0.761. The molecular weight excluding hydrogens is 514 g/mol. The topological polar surface area (TPSA) is 142 Å². The molecule has 0 N–H and O–H groups in total. The van der Waals surface area contributed by atoms with Crippen molar-refractivity contribution in [3.05, 3.63) is 102 Å². The van der Waals surface area contributed by atoms with Crippen molar-refractivity contribution in [1.29, 1.82) is 0 Å². The number of thioether (sulfide) groups is 1. The van der Waals surface area contributed by atoms with Crippen LogP contribution in [0, 0.1) is 34.1 Å². The summed E-state index contributed by atoms with van der Waals surface area (Å²) in [7, 11) is 0. The fraction of sp³-hybridized carbons (Fsp3) is 0.154. The Hall–Kier alpha value is -4.71. The third kappa shape index (κ3) is 5.81. The van der Waals surface area contributed by atoms with Gasteiger partial charge in [-0.1, -0.05) is 30.3 Å². The number of imide groups is 1. The number of rotatable bonds is 9. The Balaban J connectivity index is 1.52. The zero-order valence-corrected chi connectivity index (χ0v) is 21.1. The number of nitro benzene ring substituents is 2. The minimum Gasteiger partial charge on any atom is -0.491 e. The number of carbonyl (C=O) groups is 2. The Kier molecular flexibility index (Phi) is 7.72. The van der Waals surface area contributed by atoms with Crippen LogP contribution in [0.5, 0.6) is 17.2 Å². The SMILES string of the molecule is Cc1ccc(C)c(OCCN2C(=O)S/C(=C\c3ccccc3Oc3ccc([N+](=O)[O-])cc3[N+](=O)[O-])C2=O)c1. The second-order valence-corrected chi connectivity index (χ2v) is 9.25. The maximum Gasteiger partial charge on any atom is 0.318 e. The number of hydrogen-bond acceptors (Lipinski definition) is 9. The minimum atomic E-state index is -0.781. The molecule has 2 amide bonds. The molecule has 12 heteroatoms. The highest BCUT2D eigenvalue weighted by atomic mass is 32.2. The fourth-order valence-corrected chi connectivity index (χ4v) is 4.46. The van der Waals surface area contributed by atoms with E-state index in [0.29, 0.717) is 11.3 Å². The van der Waals surface area contributed by atoms with E-state index in [1.807, 2.05) is 32.0 Å². The molecule has 0 atom stereocenters. The van der Waals surface area contributed by atoms with Crippen LogP contribution in [0.1, 0.15) is 16.7 Å². The molecule has 1 saturated heterocycles. The molecule has 1 aliphatic heterocycles. The van der Waals surface area contributed by atoms with Gasteiger partial charge >= 0.3 is 5.69 Å². The second-order valence-electron chi connectivity index (χ2n) is 8.26. The van der Waals surface area contributed by atoms with E-state index in [-0.39, 0.29) is 29.6 Å². The summed E-state index contributed by atoms with van der Waals surface area (Å²) < 4.78 is 11.5. The Morgan fingerprint density at radius 1 is 0.921 bits per heavy atom. The molecule has 0 unspecified atom stereocenters. The summed E-state index contributed by atoms with van der Waals surface area (Å²) in [5.74, 6) is 0.132. The molecule has 3 aromatic carbocycles. The van der Waals surface area contributed by atoms with Crippen LogP contribution < -0.4 is 9.47 Å². The van der Waals surface area contributed by atoms with Gasteiger partial charge in [-0.2, -0.15) is 0 Å². The molecule has 1 fully saturated rings. The van der Waals surface area contributed by atoms with Gasteiger partial charge in [0.25, 0.3) is 16.8 Å². The van der Waals surface area contributed by atoms with Crippen LogP contribution in [0.2, 0.25) is 0 Å². The molecule has 1 aliphatic rings. The molecule has 3 aromatic rings. The summed E-state index contributed by atoms with van der Waals surface area (Å²) in [6, 6.07) is 15.3. The van der Waals surface area contributed by atoms with Gasteiger partial charge in [-0.05, 0) is 61.0 Å².